The number of urea groups is 1. The smallest absolute Gasteiger partial charge is 0.407 e. The van der Waals surface area contributed by atoms with Crippen LogP contribution in [0, 0.1) is 0 Å². The molecule has 108 valence electrons. The van der Waals surface area contributed by atoms with Gasteiger partial charge in [-0.2, -0.15) is 0 Å². The van der Waals surface area contributed by atoms with E-state index in [-0.39, 0.29) is 6.04 Å². The molecule has 1 heterocycles. The number of alkyl carbamates (subject to hydrolysis) is 1. The van der Waals surface area contributed by atoms with E-state index in [1.807, 2.05) is 0 Å². The number of hydrogen-bond acceptors (Lipinski definition) is 4. The van der Waals surface area contributed by atoms with Crippen molar-refractivity contribution < 1.29 is 24.2 Å². The lowest BCUT2D eigenvalue weighted by atomic mass is 10.1. The Morgan fingerprint density at radius 1 is 1.37 bits per heavy atom. The molecule has 1 saturated heterocycles. The highest BCUT2D eigenvalue weighted by molar-refractivity contribution is 5.85. The Kier molecular flexibility index (Phi) is 4.57. The molecule has 0 aromatic heterocycles. The number of rotatable bonds is 3. The van der Waals surface area contributed by atoms with Gasteiger partial charge in [0.1, 0.15) is 5.54 Å². The van der Waals surface area contributed by atoms with Crippen molar-refractivity contribution in [2.24, 2.45) is 0 Å². The van der Waals surface area contributed by atoms with Crippen LogP contribution in [0.3, 0.4) is 0 Å². The van der Waals surface area contributed by atoms with E-state index < -0.39 is 23.6 Å². The first kappa shape index (κ1) is 15.1. The van der Waals surface area contributed by atoms with Crippen molar-refractivity contribution in [3.63, 3.8) is 0 Å². The first-order valence-electron chi connectivity index (χ1n) is 5.91. The fourth-order valence-electron chi connectivity index (χ4n) is 1.69. The van der Waals surface area contributed by atoms with E-state index in [1.54, 1.807) is 0 Å². The molecule has 0 spiro atoms. The lowest BCUT2D eigenvalue weighted by Crippen LogP contribution is -2.54. The van der Waals surface area contributed by atoms with Crippen molar-refractivity contribution in [1.82, 2.24) is 15.5 Å². The first-order chi connectivity index (χ1) is 8.76. The van der Waals surface area contributed by atoms with Gasteiger partial charge in [-0.05, 0) is 20.3 Å². The summed E-state index contributed by atoms with van der Waals surface area (Å²) in [6, 6.07) is -0.632. The monoisotopic (exact) mass is 273 g/mol. The molecular formula is C11H19N3O5. The van der Waals surface area contributed by atoms with Gasteiger partial charge in [0.15, 0.2) is 0 Å². The van der Waals surface area contributed by atoms with Gasteiger partial charge in [-0.25, -0.2) is 14.4 Å². The third-order valence-electron chi connectivity index (χ3n) is 2.94. The summed E-state index contributed by atoms with van der Waals surface area (Å²) >= 11 is 0. The van der Waals surface area contributed by atoms with E-state index in [0.717, 1.165) is 0 Å². The van der Waals surface area contributed by atoms with Crippen molar-refractivity contribution in [1.29, 1.82) is 0 Å². The summed E-state index contributed by atoms with van der Waals surface area (Å²) in [5, 5.41) is 14.0. The number of nitrogens with zero attached hydrogens (tertiary/aromatic N) is 1. The molecule has 8 heteroatoms. The Morgan fingerprint density at radius 3 is 2.53 bits per heavy atom. The summed E-state index contributed by atoms with van der Waals surface area (Å²) in [7, 11) is 1.27. The van der Waals surface area contributed by atoms with Crippen LogP contribution in [0.25, 0.3) is 0 Å². The van der Waals surface area contributed by atoms with Crippen molar-refractivity contribution in [2.45, 2.75) is 31.8 Å². The molecule has 1 aliphatic rings. The van der Waals surface area contributed by atoms with Gasteiger partial charge in [0.2, 0.25) is 0 Å². The number of methoxy groups -OCH3 is 1. The molecule has 1 atom stereocenters. The molecule has 8 nitrogen and oxygen atoms in total. The second-order valence-electron chi connectivity index (χ2n) is 4.93. The fourth-order valence-corrected chi connectivity index (χ4v) is 1.69. The average molecular weight is 273 g/mol. The fraction of sp³-hybridized carbons (Fsp3) is 0.727. The highest BCUT2D eigenvalue weighted by Gasteiger charge is 2.34. The maximum Gasteiger partial charge on any atom is 0.407 e. The van der Waals surface area contributed by atoms with E-state index in [0.29, 0.717) is 19.5 Å². The number of carbonyl (C=O) groups excluding carboxylic acids is 2. The molecule has 0 aliphatic carbocycles. The van der Waals surface area contributed by atoms with Crippen molar-refractivity contribution in [3.05, 3.63) is 0 Å². The number of aliphatic carboxylic acids is 1. The SMILES string of the molecule is COC(=O)NC1CCN(C(=O)NC(C)(C)C(=O)O)C1. The zero-order chi connectivity index (χ0) is 14.6. The zero-order valence-electron chi connectivity index (χ0n) is 11.2. The highest BCUT2D eigenvalue weighted by atomic mass is 16.5. The Labute approximate surface area is 111 Å². The summed E-state index contributed by atoms with van der Waals surface area (Å²) in [5.41, 5.74) is -1.33. The van der Waals surface area contributed by atoms with Crippen LogP contribution in [-0.4, -0.2) is 59.9 Å². The molecule has 0 radical (unpaired) electrons. The predicted molar refractivity (Wildman–Crippen MR) is 65.8 cm³/mol. The minimum absolute atomic E-state index is 0.175. The number of carbonyl (C=O) groups is 3. The van der Waals surface area contributed by atoms with Crippen LogP contribution in [0.2, 0.25) is 0 Å². The third-order valence-corrected chi connectivity index (χ3v) is 2.94. The van der Waals surface area contributed by atoms with E-state index in [9.17, 15) is 14.4 Å². The van der Waals surface area contributed by atoms with Gasteiger partial charge in [-0.3, -0.25) is 0 Å². The van der Waals surface area contributed by atoms with Gasteiger partial charge in [-0.15, -0.1) is 0 Å². The Morgan fingerprint density at radius 2 is 2.00 bits per heavy atom. The third kappa shape index (κ3) is 4.01. The molecular weight excluding hydrogens is 254 g/mol. The van der Waals surface area contributed by atoms with Crippen molar-refractivity contribution in [2.75, 3.05) is 20.2 Å². The van der Waals surface area contributed by atoms with Gasteiger partial charge >= 0.3 is 18.1 Å². The van der Waals surface area contributed by atoms with Crippen LogP contribution in [0.15, 0.2) is 0 Å². The predicted octanol–water partition coefficient (Wildman–Crippen LogP) is -0.0105. The Balaban J connectivity index is 2.48. The average Bonchev–Trinajstić information content (AvgIpc) is 2.76. The van der Waals surface area contributed by atoms with E-state index in [4.69, 9.17) is 5.11 Å². The lowest BCUT2D eigenvalue weighted by molar-refractivity contribution is -0.143. The molecule has 1 unspecified atom stereocenters. The van der Waals surface area contributed by atoms with Crippen LogP contribution in [-0.2, 0) is 9.53 Å². The summed E-state index contributed by atoms with van der Waals surface area (Å²) in [4.78, 5) is 35.3. The molecule has 0 bridgehead atoms. The molecule has 0 aromatic carbocycles. The van der Waals surface area contributed by atoms with Gasteiger partial charge in [0.25, 0.3) is 0 Å². The maximum absolute atomic E-state index is 11.9. The van der Waals surface area contributed by atoms with E-state index in [1.165, 1.54) is 25.9 Å². The number of likely N-dealkylation sites (tertiary alicyclic amines) is 1. The zero-order valence-corrected chi connectivity index (χ0v) is 11.2. The maximum atomic E-state index is 11.9. The highest BCUT2D eigenvalue weighted by Crippen LogP contribution is 2.11. The molecule has 1 fully saturated rings. The largest absolute Gasteiger partial charge is 0.480 e. The van der Waals surface area contributed by atoms with Crippen LogP contribution in [0.1, 0.15) is 20.3 Å². The second-order valence-corrected chi connectivity index (χ2v) is 4.93. The summed E-state index contributed by atoms with van der Waals surface area (Å²) < 4.78 is 4.47. The second kappa shape index (κ2) is 5.77. The van der Waals surface area contributed by atoms with Crippen LogP contribution >= 0.6 is 0 Å². The number of carboxylic acid groups (broad SMARTS) is 1. The molecule has 3 amide bonds. The summed E-state index contributed by atoms with van der Waals surface area (Å²) in [6.45, 7) is 3.60. The number of amides is 3. The van der Waals surface area contributed by atoms with Gasteiger partial charge < -0.3 is 25.4 Å². The molecule has 1 rings (SSSR count). The Hall–Kier alpha value is -1.99. The minimum Gasteiger partial charge on any atom is -0.480 e. The number of nitrogens with one attached hydrogen (secondary N) is 2. The van der Waals surface area contributed by atoms with E-state index in [2.05, 4.69) is 15.4 Å². The standard InChI is InChI=1S/C11H19N3O5/c1-11(2,8(15)16)13-9(17)14-5-4-7(6-14)12-10(18)19-3/h7H,4-6H2,1-3H3,(H,12,18)(H,13,17)(H,15,16). The quantitative estimate of drug-likeness (QED) is 0.670. The normalized spacial score (nSPS) is 18.9. The molecule has 0 aromatic rings. The van der Waals surface area contributed by atoms with Gasteiger partial charge in [0.05, 0.1) is 13.2 Å². The van der Waals surface area contributed by atoms with E-state index >= 15 is 0 Å². The molecule has 0 saturated carbocycles. The van der Waals surface area contributed by atoms with Crippen molar-refractivity contribution >= 4 is 18.1 Å². The Bertz CT molecular complexity index is 383. The van der Waals surface area contributed by atoms with Crippen LogP contribution in [0.5, 0.6) is 0 Å². The van der Waals surface area contributed by atoms with Crippen LogP contribution < -0.4 is 10.6 Å². The molecule has 19 heavy (non-hydrogen) atoms. The summed E-state index contributed by atoms with van der Waals surface area (Å²) in [5.74, 6) is -1.11. The van der Waals surface area contributed by atoms with Gasteiger partial charge in [-0.1, -0.05) is 0 Å². The number of ether oxygens (including phenoxy) is 1. The van der Waals surface area contributed by atoms with Gasteiger partial charge in [0, 0.05) is 13.1 Å². The topological polar surface area (TPSA) is 108 Å². The number of carboxylic acids is 1. The van der Waals surface area contributed by atoms with Crippen molar-refractivity contribution in [3.8, 4) is 0 Å². The molecule has 3 N–H and O–H groups in total. The first-order valence-corrected chi connectivity index (χ1v) is 5.91. The molecule has 1 aliphatic heterocycles. The minimum atomic E-state index is -1.33. The summed E-state index contributed by atoms with van der Waals surface area (Å²) in [6.07, 6.45) is 0.0638. The number of hydrogen-bond donors (Lipinski definition) is 3. The lowest BCUT2D eigenvalue weighted by Gasteiger charge is -2.25. The van der Waals surface area contributed by atoms with Crippen LogP contribution in [0.4, 0.5) is 9.59 Å².